The topological polar surface area (TPSA) is 77.2 Å². The van der Waals surface area contributed by atoms with Crippen LogP contribution >= 0.6 is 0 Å². The second-order valence-electron chi connectivity index (χ2n) is 5.26. The first-order chi connectivity index (χ1) is 9.69. The maximum atomic E-state index is 11.9. The molecule has 1 atom stereocenters. The molecule has 2 heterocycles. The molecule has 1 aromatic heterocycles. The van der Waals surface area contributed by atoms with E-state index in [1.807, 2.05) is 7.05 Å². The van der Waals surface area contributed by atoms with Crippen LogP contribution in [0.5, 0.6) is 0 Å². The van der Waals surface area contributed by atoms with E-state index in [0.717, 1.165) is 26.1 Å². The lowest BCUT2D eigenvalue weighted by Crippen LogP contribution is -2.45. The maximum absolute atomic E-state index is 11.9. The Morgan fingerprint density at radius 3 is 3.05 bits per heavy atom. The van der Waals surface area contributed by atoms with E-state index in [1.165, 1.54) is 6.42 Å². The van der Waals surface area contributed by atoms with Gasteiger partial charge in [0.2, 0.25) is 5.91 Å². The van der Waals surface area contributed by atoms with Gasteiger partial charge in [0, 0.05) is 12.7 Å². The average Bonchev–Trinajstić information content (AvgIpc) is 2.93. The number of aromatic amines is 1. The first-order valence-corrected chi connectivity index (χ1v) is 7.03. The number of imide groups is 1. The van der Waals surface area contributed by atoms with Crippen molar-refractivity contribution in [1.82, 2.24) is 20.5 Å². The Hall–Kier alpha value is -1.66. The first-order valence-electron chi connectivity index (χ1n) is 7.03. The number of carbonyl (C=O) groups is 2. The molecule has 1 fully saturated rings. The van der Waals surface area contributed by atoms with E-state index in [2.05, 4.69) is 20.5 Å². The van der Waals surface area contributed by atoms with Crippen LogP contribution in [0, 0.1) is 5.92 Å². The van der Waals surface area contributed by atoms with Gasteiger partial charge in [0.25, 0.3) is 5.91 Å². The summed E-state index contributed by atoms with van der Waals surface area (Å²) in [5, 5.41) is 5.59. The van der Waals surface area contributed by atoms with Crippen LogP contribution in [0.4, 0.5) is 0 Å². The largest absolute Gasteiger partial charge is 0.357 e. The van der Waals surface area contributed by atoms with Crippen LogP contribution in [0.2, 0.25) is 0 Å². The number of carbonyl (C=O) groups excluding carboxylic acids is 2. The van der Waals surface area contributed by atoms with Crippen molar-refractivity contribution in [1.29, 1.82) is 0 Å². The summed E-state index contributed by atoms with van der Waals surface area (Å²) in [5.74, 6) is -0.0286. The van der Waals surface area contributed by atoms with Crippen molar-refractivity contribution < 1.29 is 9.59 Å². The highest BCUT2D eigenvalue weighted by molar-refractivity contribution is 6.04. The molecular formula is C14H22N4O2. The number of nitrogens with zero attached hydrogens (tertiary/aromatic N) is 1. The lowest BCUT2D eigenvalue weighted by Gasteiger charge is -2.31. The fraction of sp³-hybridized carbons (Fsp3) is 0.571. The Morgan fingerprint density at radius 1 is 1.50 bits per heavy atom. The van der Waals surface area contributed by atoms with Gasteiger partial charge >= 0.3 is 0 Å². The van der Waals surface area contributed by atoms with E-state index in [-0.39, 0.29) is 18.4 Å². The van der Waals surface area contributed by atoms with Crippen LogP contribution in [0.25, 0.3) is 0 Å². The van der Waals surface area contributed by atoms with Crippen LogP contribution in [0.15, 0.2) is 18.3 Å². The normalized spacial score (nSPS) is 19.8. The summed E-state index contributed by atoms with van der Waals surface area (Å²) < 4.78 is 0. The van der Waals surface area contributed by atoms with Gasteiger partial charge in [0.1, 0.15) is 5.69 Å². The first kappa shape index (κ1) is 14.7. The van der Waals surface area contributed by atoms with Crippen LogP contribution in [0.3, 0.4) is 0 Å². The summed E-state index contributed by atoms with van der Waals surface area (Å²) in [6, 6.07) is 3.37. The third-order valence-corrected chi connectivity index (χ3v) is 3.56. The number of likely N-dealkylation sites (tertiary alicyclic amines) is 1. The Bertz CT molecular complexity index is 442. The Morgan fingerprint density at radius 2 is 2.35 bits per heavy atom. The molecule has 110 valence electrons. The fourth-order valence-corrected chi connectivity index (χ4v) is 2.66. The zero-order valence-electron chi connectivity index (χ0n) is 11.8. The summed E-state index contributed by atoms with van der Waals surface area (Å²) in [7, 11) is 1.95. The smallest absolute Gasteiger partial charge is 0.274 e. The standard InChI is InChI=1S/C14H22N4O2/c1-15-8-11-4-3-7-18(9-11)10-13(19)17-14(20)12-5-2-6-16-12/h2,5-6,11,15-16H,3-4,7-10H2,1H3,(H,17,19,20). The van der Waals surface area contributed by atoms with Gasteiger partial charge in [-0.1, -0.05) is 0 Å². The molecule has 3 N–H and O–H groups in total. The van der Waals surface area contributed by atoms with Gasteiger partial charge in [-0.3, -0.25) is 19.8 Å². The molecule has 2 rings (SSSR count). The number of hydrogen-bond acceptors (Lipinski definition) is 4. The molecule has 1 unspecified atom stereocenters. The van der Waals surface area contributed by atoms with E-state index in [1.54, 1.807) is 18.3 Å². The van der Waals surface area contributed by atoms with E-state index in [0.29, 0.717) is 11.6 Å². The zero-order chi connectivity index (χ0) is 14.4. The van der Waals surface area contributed by atoms with Gasteiger partial charge in [-0.05, 0) is 51.0 Å². The van der Waals surface area contributed by atoms with Gasteiger partial charge in [-0.2, -0.15) is 0 Å². The van der Waals surface area contributed by atoms with Gasteiger partial charge in [0.15, 0.2) is 0 Å². The Labute approximate surface area is 118 Å². The average molecular weight is 278 g/mol. The minimum Gasteiger partial charge on any atom is -0.357 e. The highest BCUT2D eigenvalue weighted by Gasteiger charge is 2.21. The van der Waals surface area contributed by atoms with Crippen molar-refractivity contribution in [2.24, 2.45) is 5.92 Å². The molecule has 20 heavy (non-hydrogen) atoms. The van der Waals surface area contributed by atoms with Crippen molar-refractivity contribution in [2.75, 3.05) is 33.2 Å². The lowest BCUT2D eigenvalue weighted by molar-refractivity contribution is -0.121. The fourth-order valence-electron chi connectivity index (χ4n) is 2.66. The van der Waals surface area contributed by atoms with Crippen molar-refractivity contribution in [3.05, 3.63) is 24.0 Å². The summed E-state index contributed by atoms with van der Waals surface area (Å²) in [4.78, 5) is 28.5. The van der Waals surface area contributed by atoms with Crippen LogP contribution < -0.4 is 10.6 Å². The molecule has 0 aromatic carbocycles. The molecule has 0 radical (unpaired) electrons. The predicted octanol–water partition coefficient (Wildman–Crippen LogP) is 0.203. The third-order valence-electron chi connectivity index (χ3n) is 3.56. The molecule has 0 spiro atoms. The number of hydrogen-bond donors (Lipinski definition) is 3. The molecule has 6 nitrogen and oxygen atoms in total. The summed E-state index contributed by atoms with van der Waals surface area (Å²) >= 11 is 0. The third kappa shape index (κ3) is 4.18. The van der Waals surface area contributed by atoms with E-state index >= 15 is 0 Å². The second-order valence-corrected chi connectivity index (χ2v) is 5.26. The van der Waals surface area contributed by atoms with E-state index in [4.69, 9.17) is 0 Å². The highest BCUT2D eigenvalue weighted by Crippen LogP contribution is 2.15. The van der Waals surface area contributed by atoms with Crippen molar-refractivity contribution in [3.8, 4) is 0 Å². The van der Waals surface area contributed by atoms with Gasteiger partial charge in [-0.25, -0.2) is 0 Å². The van der Waals surface area contributed by atoms with E-state index in [9.17, 15) is 9.59 Å². The van der Waals surface area contributed by atoms with E-state index < -0.39 is 0 Å². The highest BCUT2D eigenvalue weighted by atomic mass is 16.2. The van der Waals surface area contributed by atoms with Crippen molar-refractivity contribution in [3.63, 3.8) is 0 Å². The molecule has 2 amide bonds. The molecule has 0 aliphatic carbocycles. The molecular weight excluding hydrogens is 256 g/mol. The predicted molar refractivity (Wildman–Crippen MR) is 76.4 cm³/mol. The monoisotopic (exact) mass is 278 g/mol. The Kier molecular flexibility index (Phi) is 5.31. The maximum Gasteiger partial charge on any atom is 0.274 e. The molecule has 0 bridgehead atoms. The number of rotatable bonds is 5. The summed E-state index contributed by atoms with van der Waals surface area (Å²) in [6.07, 6.45) is 3.96. The molecule has 6 heteroatoms. The van der Waals surface area contributed by atoms with Crippen molar-refractivity contribution in [2.45, 2.75) is 12.8 Å². The zero-order valence-corrected chi connectivity index (χ0v) is 11.8. The number of piperidine rings is 1. The molecule has 0 saturated carbocycles. The summed E-state index contributed by atoms with van der Waals surface area (Å²) in [5.41, 5.74) is 0.407. The molecule has 1 saturated heterocycles. The van der Waals surface area contributed by atoms with Crippen LogP contribution in [-0.4, -0.2) is 54.9 Å². The number of H-pyrrole nitrogens is 1. The van der Waals surface area contributed by atoms with Crippen LogP contribution in [-0.2, 0) is 4.79 Å². The van der Waals surface area contributed by atoms with Crippen molar-refractivity contribution >= 4 is 11.8 Å². The minimum absolute atomic E-state index is 0.241. The molecule has 1 aliphatic heterocycles. The minimum atomic E-state index is -0.371. The SMILES string of the molecule is CNCC1CCCN(CC(=O)NC(=O)c2ccc[nH]2)C1. The quantitative estimate of drug-likeness (QED) is 0.719. The van der Waals surface area contributed by atoms with Gasteiger partial charge in [-0.15, -0.1) is 0 Å². The number of nitrogens with one attached hydrogen (secondary N) is 3. The second kappa shape index (κ2) is 7.21. The lowest BCUT2D eigenvalue weighted by atomic mass is 9.98. The molecule has 1 aliphatic rings. The van der Waals surface area contributed by atoms with Crippen LogP contribution in [0.1, 0.15) is 23.3 Å². The number of aromatic nitrogens is 1. The molecule has 1 aromatic rings. The Balaban J connectivity index is 1.78. The number of amides is 2. The van der Waals surface area contributed by atoms with Gasteiger partial charge < -0.3 is 10.3 Å². The summed E-state index contributed by atoms with van der Waals surface area (Å²) in [6.45, 7) is 3.08. The van der Waals surface area contributed by atoms with Gasteiger partial charge in [0.05, 0.1) is 6.54 Å².